The zero-order chi connectivity index (χ0) is 17.1. The standard InChI is InChI=1S/C14H16N8OS/c1-9-7-11(21(2)20-9)17-12(23)8-24-14-19-18-13(22(14)15)10-5-3-4-6-16-10/h3-7H,8,15H2,1-2H3,(H,17,23). The number of pyridine rings is 1. The lowest BCUT2D eigenvalue weighted by molar-refractivity contribution is -0.113. The smallest absolute Gasteiger partial charge is 0.235 e. The van der Waals surface area contributed by atoms with Crippen LogP contribution in [-0.2, 0) is 11.8 Å². The molecule has 124 valence electrons. The minimum absolute atomic E-state index is 0.155. The summed E-state index contributed by atoms with van der Waals surface area (Å²) < 4.78 is 2.94. The van der Waals surface area contributed by atoms with E-state index in [-0.39, 0.29) is 11.7 Å². The molecule has 0 spiro atoms. The van der Waals surface area contributed by atoms with Crippen LogP contribution in [0.4, 0.5) is 5.82 Å². The summed E-state index contributed by atoms with van der Waals surface area (Å²) in [7, 11) is 1.77. The highest BCUT2D eigenvalue weighted by Crippen LogP contribution is 2.20. The maximum Gasteiger partial charge on any atom is 0.235 e. The molecule has 24 heavy (non-hydrogen) atoms. The van der Waals surface area contributed by atoms with Crippen LogP contribution < -0.4 is 11.2 Å². The van der Waals surface area contributed by atoms with E-state index in [0.717, 1.165) is 5.69 Å². The normalized spacial score (nSPS) is 10.8. The van der Waals surface area contributed by atoms with Crippen LogP contribution in [0.2, 0.25) is 0 Å². The molecule has 3 N–H and O–H groups in total. The lowest BCUT2D eigenvalue weighted by Crippen LogP contribution is -2.18. The monoisotopic (exact) mass is 344 g/mol. The number of anilines is 1. The molecule has 3 aromatic heterocycles. The number of nitrogen functional groups attached to an aromatic ring is 1. The molecule has 0 bridgehead atoms. The molecule has 3 heterocycles. The summed E-state index contributed by atoms with van der Waals surface area (Å²) in [6, 6.07) is 7.24. The number of rotatable bonds is 5. The van der Waals surface area contributed by atoms with E-state index in [1.54, 1.807) is 36.1 Å². The Bertz CT molecular complexity index is 857. The predicted molar refractivity (Wildman–Crippen MR) is 90.7 cm³/mol. The van der Waals surface area contributed by atoms with E-state index in [2.05, 4.69) is 25.6 Å². The van der Waals surface area contributed by atoms with E-state index < -0.39 is 0 Å². The van der Waals surface area contributed by atoms with Crippen molar-refractivity contribution in [2.45, 2.75) is 12.1 Å². The molecular formula is C14H16N8OS. The number of carbonyl (C=O) groups is 1. The third-order valence-electron chi connectivity index (χ3n) is 3.16. The van der Waals surface area contributed by atoms with Crippen molar-refractivity contribution in [2.24, 2.45) is 7.05 Å². The minimum atomic E-state index is -0.176. The molecule has 0 saturated carbocycles. The molecule has 0 fully saturated rings. The molecule has 0 aliphatic heterocycles. The lowest BCUT2D eigenvalue weighted by Gasteiger charge is -2.05. The third kappa shape index (κ3) is 3.38. The molecular weight excluding hydrogens is 328 g/mol. The molecule has 0 atom stereocenters. The van der Waals surface area contributed by atoms with Crippen molar-refractivity contribution >= 4 is 23.5 Å². The lowest BCUT2D eigenvalue weighted by atomic mass is 10.3. The van der Waals surface area contributed by atoms with E-state index in [0.29, 0.717) is 22.5 Å². The Kier molecular flexibility index (Phi) is 4.47. The van der Waals surface area contributed by atoms with Crippen LogP contribution in [0, 0.1) is 6.92 Å². The minimum Gasteiger partial charge on any atom is -0.335 e. The van der Waals surface area contributed by atoms with E-state index in [4.69, 9.17) is 5.84 Å². The van der Waals surface area contributed by atoms with Gasteiger partial charge in [-0.3, -0.25) is 14.5 Å². The number of aromatic nitrogens is 6. The molecule has 0 aliphatic rings. The molecule has 10 heteroatoms. The van der Waals surface area contributed by atoms with Gasteiger partial charge in [0.1, 0.15) is 11.5 Å². The van der Waals surface area contributed by atoms with Gasteiger partial charge in [0, 0.05) is 19.3 Å². The van der Waals surface area contributed by atoms with Gasteiger partial charge in [0.25, 0.3) is 0 Å². The molecule has 9 nitrogen and oxygen atoms in total. The summed E-state index contributed by atoms with van der Waals surface area (Å²) in [5.74, 6) is 7.05. The van der Waals surface area contributed by atoms with Crippen molar-refractivity contribution in [1.82, 2.24) is 29.6 Å². The van der Waals surface area contributed by atoms with E-state index in [1.807, 2.05) is 13.0 Å². The number of nitrogens with zero attached hydrogens (tertiary/aromatic N) is 6. The summed E-state index contributed by atoms with van der Waals surface area (Å²) in [6.45, 7) is 1.86. The zero-order valence-electron chi connectivity index (χ0n) is 13.2. The van der Waals surface area contributed by atoms with Crippen molar-refractivity contribution in [3.05, 3.63) is 36.2 Å². The van der Waals surface area contributed by atoms with Crippen molar-refractivity contribution < 1.29 is 4.79 Å². The van der Waals surface area contributed by atoms with Crippen LogP contribution in [0.1, 0.15) is 5.69 Å². The number of hydrogen-bond acceptors (Lipinski definition) is 7. The first-order valence-corrected chi connectivity index (χ1v) is 8.08. The van der Waals surface area contributed by atoms with Gasteiger partial charge in [-0.15, -0.1) is 10.2 Å². The average Bonchev–Trinajstić information content (AvgIpc) is 3.08. The van der Waals surface area contributed by atoms with Gasteiger partial charge in [-0.05, 0) is 19.1 Å². The number of aryl methyl sites for hydroxylation is 2. The predicted octanol–water partition coefficient (Wildman–Crippen LogP) is 0.827. The zero-order valence-corrected chi connectivity index (χ0v) is 14.0. The number of nitrogens with two attached hydrogens (primary N) is 1. The highest BCUT2D eigenvalue weighted by atomic mass is 32.2. The maximum absolute atomic E-state index is 12.1. The third-order valence-corrected chi connectivity index (χ3v) is 4.10. The number of carbonyl (C=O) groups excluding carboxylic acids is 1. The van der Waals surface area contributed by atoms with Crippen molar-refractivity contribution in [1.29, 1.82) is 0 Å². The Morgan fingerprint density at radius 3 is 2.88 bits per heavy atom. The first kappa shape index (κ1) is 16.0. The molecule has 1 amide bonds. The molecule has 0 aromatic carbocycles. The van der Waals surface area contributed by atoms with Crippen molar-refractivity contribution in [2.75, 3.05) is 16.9 Å². The molecule has 0 aliphatic carbocycles. The van der Waals surface area contributed by atoms with Gasteiger partial charge in [0.05, 0.1) is 11.4 Å². The van der Waals surface area contributed by atoms with Gasteiger partial charge in [-0.25, -0.2) is 4.68 Å². The summed E-state index contributed by atoms with van der Waals surface area (Å²) in [5.41, 5.74) is 1.45. The fourth-order valence-corrected chi connectivity index (χ4v) is 2.74. The Labute approximate surface area is 142 Å². The van der Waals surface area contributed by atoms with Crippen LogP contribution in [0.3, 0.4) is 0 Å². The second kappa shape index (κ2) is 6.71. The number of thioether (sulfide) groups is 1. The fourth-order valence-electron chi connectivity index (χ4n) is 2.08. The average molecular weight is 344 g/mol. The number of hydrogen-bond donors (Lipinski definition) is 2. The largest absolute Gasteiger partial charge is 0.335 e. The van der Waals surface area contributed by atoms with Gasteiger partial charge in [-0.2, -0.15) is 5.10 Å². The second-order valence-electron chi connectivity index (χ2n) is 5.02. The van der Waals surface area contributed by atoms with Crippen LogP contribution in [0.15, 0.2) is 35.6 Å². The van der Waals surface area contributed by atoms with E-state index in [9.17, 15) is 4.79 Å². The van der Waals surface area contributed by atoms with Gasteiger partial charge in [-0.1, -0.05) is 17.8 Å². The number of amides is 1. The van der Waals surface area contributed by atoms with Crippen molar-refractivity contribution in [3.63, 3.8) is 0 Å². The summed E-state index contributed by atoms with van der Waals surface area (Å²) >= 11 is 1.20. The quantitative estimate of drug-likeness (QED) is 0.520. The molecule has 0 radical (unpaired) electrons. The number of nitrogens with one attached hydrogen (secondary N) is 1. The fraction of sp³-hybridized carbons (Fsp3) is 0.214. The van der Waals surface area contributed by atoms with Gasteiger partial charge in [0.2, 0.25) is 16.9 Å². The summed E-state index contributed by atoms with van der Waals surface area (Å²) in [4.78, 5) is 16.2. The Hall–Kier alpha value is -2.88. The second-order valence-corrected chi connectivity index (χ2v) is 5.97. The molecule has 3 rings (SSSR count). The maximum atomic E-state index is 12.1. The van der Waals surface area contributed by atoms with Crippen LogP contribution in [-0.4, -0.2) is 41.3 Å². The van der Waals surface area contributed by atoms with Crippen molar-refractivity contribution in [3.8, 4) is 11.5 Å². The van der Waals surface area contributed by atoms with Crippen LogP contribution in [0.5, 0.6) is 0 Å². The first-order valence-electron chi connectivity index (χ1n) is 7.10. The topological polar surface area (TPSA) is 117 Å². The molecule has 3 aromatic rings. The van der Waals surface area contributed by atoms with Gasteiger partial charge >= 0.3 is 0 Å². The highest BCUT2D eigenvalue weighted by molar-refractivity contribution is 7.99. The Morgan fingerprint density at radius 2 is 2.21 bits per heavy atom. The summed E-state index contributed by atoms with van der Waals surface area (Å²) in [6.07, 6.45) is 1.65. The van der Waals surface area contributed by atoms with Crippen LogP contribution >= 0.6 is 11.8 Å². The van der Waals surface area contributed by atoms with E-state index in [1.165, 1.54) is 16.4 Å². The summed E-state index contributed by atoms with van der Waals surface area (Å²) in [5, 5.41) is 15.4. The molecule has 0 saturated heterocycles. The van der Waals surface area contributed by atoms with E-state index >= 15 is 0 Å². The van der Waals surface area contributed by atoms with Gasteiger partial charge in [0.15, 0.2) is 0 Å². The first-order chi connectivity index (χ1) is 11.5. The SMILES string of the molecule is Cc1cc(NC(=O)CSc2nnc(-c3ccccn3)n2N)n(C)n1. The van der Waals surface area contributed by atoms with Crippen LogP contribution in [0.25, 0.3) is 11.5 Å². The van der Waals surface area contributed by atoms with Gasteiger partial charge < -0.3 is 11.2 Å². The highest BCUT2D eigenvalue weighted by Gasteiger charge is 2.15. The Balaban J connectivity index is 1.64. The Morgan fingerprint density at radius 1 is 1.38 bits per heavy atom. The molecule has 0 unspecified atom stereocenters.